The maximum atomic E-state index is 13.2. The Bertz CT molecular complexity index is 1410. The molecule has 0 spiro atoms. The summed E-state index contributed by atoms with van der Waals surface area (Å²) in [6.07, 6.45) is 0. The molecule has 4 aromatic rings. The van der Waals surface area contributed by atoms with Gasteiger partial charge < -0.3 is 4.74 Å². The van der Waals surface area contributed by atoms with Gasteiger partial charge in [-0.3, -0.25) is 18.5 Å². The first-order valence-electron chi connectivity index (χ1n) is 8.80. The van der Waals surface area contributed by atoms with E-state index in [1.165, 1.54) is 15.2 Å². The molecule has 0 N–H and O–H groups in total. The summed E-state index contributed by atoms with van der Waals surface area (Å²) in [5, 5.41) is 1.22. The van der Waals surface area contributed by atoms with Crippen molar-refractivity contribution in [1.29, 1.82) is 0 Å². The molecule has 2 aromatic heterocycles. The highest BCUT2D eigenvalue weighted by atomic mass is 35.5. The minimum atomic E-state index is -0.512. The Morgan fingerprint density at radius 1 is 0.967 bits per heavy atom. The number of aromatic nitrogens is 4. The molecule has 0 aliphatic rings. The number of aryl methyl sites for hydroxylation is 2. The summed E-state index contributed by atoms with van der Waals surface area (Å²) in [6.45, 7) is 0.0332. The lowest BCUT2D eigenvalue weighted by Gasteiger charge is -2.10. The lowest BCUT2D eigenvalue weighted by molar-refractivity contribution is 0.427. The Morgan fingerprint density at radius 3 is 2.40 bits per heavy atom. The van der Waals surface area contributed by atoms with E-state index in [1.54, 1.807) is 50.5 Å². The Balaban J connectivity index is 1.86. The minimum Gasteiger partial charge on any atom is -0.424 e. The van der Waals surface area contributed by atoms with E-state index in [0.29, 0.717) is 26.4 Å². The summed E-state index contributed by atoms with van der Waals surface area (Å²) in [5.41, 5.74) is 0.0539. The van der Waals surface area contributed by atoms with Gasteiger partial charge in [-0.05, 0) is 29.8 Å². The Labute approximate surface area is 185 Å². The normalized spacial score (nSPS) is 11.2. The number of imidazole rings is 1. The molecule has 0 atom stereocenters. The lowest BCUT2D eigenvalue weighted by atomic mass is 10.2. The highest BCUT2D eigenvalue weighted by molar-refractivity contribution is 6.35. The van der Waals surface area contributed by atoms with Crippen molar-refractivity contribution in [1.82, 2.24) is 18.7 Å². The molecule has 4 rings (SSSR count). The van der Waals surface area contributed by atoms with Crippen molar-refractivity contribution in [2.45, 2.75) is 6.54 Å². The van der Waals surface area contributed by atoms with Crippen LogP contribution in [0.15, 0.2) is 52.1 Å². The van der Waals surface area contributed by atoms with Crippen LogP contribution in [0, 0.1) is 0 Å². The molecule has 0 aliphatic heterocycles. The Morgan fingerprint density at radius 2 is 1.70 bits per heavy atom. The molecule has 2 aromatic carbocycles. The highest BCUT2D eigenvalue weighted by Gasteiger charge is 2.20. The van der Waals surface area contributed by atoms with Crippen LogP contribution in [0.3, 0.4) is 0 Å². The second-order valence-electron chi connectivity index (χ2n) is 6.63. The Kier molecular flexibility index (Phi) is 5.36. The van der Waals surface area contributed by atoms with Crippen LogP contribution in [-0.4, -0.2) is 18.7 Å². The topological polar surface area (TPSA) is 71.1 Å². The zero-order valence-corrected chi connectivity index (χ0v) is 18.2. The summed E-state index contributed by atoms with van der Waals surface area (Å²) in [7, 11) is 3.17. The van der Waals surface area contributed by atoms with Crippen LogP contribution in [0.2, 0.25) is 15.1 Å². The third kappa shape index (κ3) is 3.49. The predicted molar refractivity (Wildman–Crippen MR) is 117 cm³/mol. The van der Waals surface area contributed by atoms with Gasteiger partial charge in [0.25, 0.3) is 5.56 Å². The number of ether oxygens (including phenoxy) is 1. The molecule has 0 saturated heterocycles. The van der Waals surface area contributed by atoms with Gasteiger partial charge in [0.1, 0.15) is 5.75 Å². The van der Waals surface area contributed by atoms with Crippen LogP contribution in [-0.2, 0) is 20.6 Å². The number of nitrogens with zero attached hydrogens (tertiary/aromatic N) is 4. The van der Waals surface area contributed by atoms with E-state index < -0.39 is 11.2 Å². The summed E-state index contributed by atoms with van der Waals surface area (Å²) in [5.74, 6) is 0.320. The first kappa shape index (κ1) is 20.5. The molecule has 0 fully saturated rings. The van der Waals surface area contributed by atoms with Crippen LogP contribution in [0.4, 0.5) is 0 Å². The van der Waals surface area contributed by atoms with Crippen molar-refractivity contribution in [2.24, 2.45) is 14.1 Å². The smallest absolute Gasteiger partial charge is 0.332 e. The Hall–Kier alpha value is -2.74. The van der Waals surface area contributed by atoms with Gasteiger partial charge in [-0.25, -0.2) is 4.79 Å². The first-order valence-corrected chi connectivity index (χ1v) is 9.94. The maximum Gasteiger partial charge on any atom is 0.332 e. The largest absolute Gasteiger partial charge is 0.424 e. The van der Waals surface area contributed by atoms with Gasteiger partial charge in [0.15, 0.2) is 11.2 Å². The van der Waals surface area contributed by atoms with E-state index in [4.69, 9.17) is 39.5 Å². The maximum absolute atomic E-state index is 13.2. The van der Waals surface area contributed by atoms with E-state index in [0.717, 1.165) is 4.57 Å². The van der Waals surface area contributed by atoms with Gasteiger partial charge in [0.2, 0.25) is 0 Å². The van der Waals surface area contributed by atoms with E-state index in [1.807, 2.05) is 0 Å². The molecule has 0 bridgehead atoms. The van der Waals surface area contributed by atoms with Gasteiger partial charge in [-0.2, -0.15) is 4.98 Å². The summed E-state index contributed by atoms with van der Waals surface area (Å²) < 4.78 is 9.67. The average Bonchev–Trinajstić information content (AvgIpc) is 3.03. The summed E-state index contributed by atoms with van der Waals surface area (Å²) in [6, 6.07) is 11.9. The monoisotopic (exact) mass is 464 g/mol. The second-order valence-corrected chi connectivity index (χ2v) is 7.88. The first-order chi connectivity index (χ1) is 14.3. The van der Waals surface area contributed by atoms with Crippen LogP contribution in [0.25, 0.3) is 11.2 Å². The average molecular weight is 466 g/mol. The van der Waals surface area contributed by atoms with E-state index in [2.05, 4.69) is 4.98 Å². The van der Waals surface area contributed by atoms with Crippen molar-refractivity contribution < 1.29 is 4.74 Å². The number of rotatable bonds is 4. The quantitative estimate of drug-likeness (QED) is 0.452. The van der Waals surface area contributed by atoms with Crippen LogP contribution < -0.4 is 16.0 Å². The fourth-order valence-corrected chi connectivity index (χ4v) is 3.75. The summed E-state index contributed by atoms with van der Waals surface area (Å²) >= 11 is 18.3. The number of halogens is 3. The third-order valence-corrected chi connectivity index (χ3v) is 5.60. The molecule has 10 heteroatoms. The number of fused-ring (bicyclic) bond motifs is 1. The van der Waals surface area contributed by atoms with E-state index in [9.17, 15) is 9.59 Å². The number of hydrogen-bond acceptors (Lipinski definition) is 4. The molecule has 2 heterocycles. The van der Waals surface area contributed by atoms with Gasteiger partial charge in [0, 0.05) is 24.1 Å². The van der Waals surface area contributed by atoms with E-state index in [-0.39, 0.29) is 23.7 Å². The second kappa shape index (κ2) is 7.83. The van der Waals surface area contributed by atoms with Crippen molar-refractivity contribution in [3.8, 4) is 11.8 Å². The number of hydrogen-bond donors (Lipinski definition) is 0. The highest BCUT2D eigenvalue weighted by Crippen LogP contribution is 2.31. The molecule has 154 valence electrons. The van der Waals surface area contributed by atoms with Gasteiger partial charge in [0.05, 0.1) is 11.6 Å². The lowest BCUT2D eigenvalue weighted by Crippen LogP contribution is -2.39. The number of benzene rings is 2. The predicted octanol–water partition coefficient (Wildman–Crippen LogP) is 4.23. The van der Waals surface area contributed by atoms with Gasteiger partial charge in [-0.15, -0.1) is 0 Å². The fraction of sp³-hybridized carbons (Fsp3) is 0.150. The molecule has 0 saturated carbocycles. The van der Waals surface area contributed by atoms with Crippen LogP contribution in [0.1, 0.15) is 5.56 Å². The standard InChI is InChI=1S/C20H15Cl3N4O3/c1-25-16-17(24-19(25)30-15-8-7-12(21)9-14(15)23)26(2)20(29)27(18(16)28)10-11-5-3-4-6-13(11)22/h3-9H,10H2,1-2H3. The van der Waals surface area contributed by atoms with Crippen molar-refractivity contribution in [2.75, 3.05) is 0 Å². The van der Waals surface area contributed by atoms with Crippen LogP contribution >= 0.6 is 34.8 Å². The van der Waals surface area contributed by atoms with E-state index >= 15 is 0 Å². The summed E-state index contributed by atoms with van der Waals surface area (Å²) in [4.78, 5) is 30.3. The molecule has 30 heavy (non-hydrogen) atoms. The molecule has 0 unspecified atom stereocenters. The molecule has 0 radical (unpaired) electrons. The van der Waals surface area contributed by atoms with Gasteiger partial charge >= 0.3 is 11.7 Å². The van der Waals surface area contributed by atoms with Crippen molar-refractivity contribution >= 4 is 46.0 Å². The van der Waals surface area contributed by atoms with Crippen LogP contribution in [0.5, 0.6) is 11.8 Å². The molecular weight excluding hydrogens is 451 g/mol. The molecule has 0 aliphatic carbocycles. The third-order valence-electron chi connectivity index (χ3n) is 4.70. The molecule has 7 nitrogen and oxygen atoms in total. The van der Waals surface area contributed by atoms with Crippen molar-refractivity contribution in [3.63, 3.8) is 0 Å². The fourth-order valence-electron chi connectivity index (χ4n) is 3.11. The molecule has 0 amide bonds. The SMILES string of the molecule is Cn1c(Oc2ccc(Cl)cc2Cl)nc2c1c(=O)n(Cc1ccccc1Cl)c(=O)n2C. The zero-order valence-electron chi connectivity index (χ0n) is 15.9. The zero-order chi connectivity index (χ0) is 21.6. The molecular formula is C20H15Cl3N4O3. The van der Waals surface area contributed by atoms with Crippen molar-refractivity contribution in [3.05, 3.63) is 83.9 Å². The van der Waals surface area contributed by atoms with Gasteiger partial charge in [-0.1, -0.05) is 53.0 Å². The minimum absolute atomic E-state index is 0.0332.